The van der Waals surface area contributed by atoms with Crippen molar-refractivity contribution in [1.29, 1.82) is 0 Å². The third-order valence-electron chi connectivity index (χ3n) is 4.04. The van der Waals surface area contributed by atoms with Gasteiger partial charge in [-0.3, -0.25) is 4.79 Å². The standard InChI is InChI=1S/C18H23N3O3/c1-13-11-21(12-14(2)23-13)17(22)10-6-9-16-19-20-18(24-16)15-7-4-3-5-8-15/h3-5,7-8,13-14H,6,9-12H2,1-2H3/t13-,14+. The molecule has 1 aliphatic heterocycles. The Morgan fingerprint density at radius 1 is 1.17 bits per heavy atom. The summed E-state index contributed by atoms with van der Waals surface area (Å²) in [5.41, 5.74) is 0.906. The second-order valence-corrected chi connectivity index (χ2v) is 6.28. The van der Waals surface area contributed by atoms with E-state index in [0.29, 0.717) is 44.1 Å². The first-order chi connectivity index (χ1) is 11.6. The number of morpholine rings is 1. The van der Waals surface area contributed by atoms with Crippen LogP contribution in [-0.4, -0.2) is 46.3 Å². The second-order valence-electron chi connectivity index (χ2n) is 6.28. The molecule has 1 aromatic heterocycles. The van der Waals surface area contributed by atoms with Gasteiger partial charge in [0.2, 0.25) is 17.7 Å². The van der Waals surface area contributed by atoms with Crippen LogP contribution in [0.1, 0.15) is 32.6 Å². The van der Waals surface area contributed by atoms with Crippen LogP contribution in [0.4, 0.5) is 0 Å². The van der Waals surface area contributed by atoms with Gasteiger partial charge in [0.25, 0.3) is 0 Å². The smallest absolute Gasteiger partial charge is 0.247 e. The quantitative estimate of drug-likeness (QED) is 0.843. The van der Waals surface area contributed by atoms with E-state index in [0.717, 1.165) is 5.56 Å². The van der Waals surface area contributed by atoms with E-state index in [1.54, 1.807) is 0 Å². The summed E-state index contributed by atoms with van der Waals surface area (Å²) in [6.07, 6.45) is 2.00. The second kappa shape index (κ2) is 7.57. The zero-order chi connectivity index (χ0) is 16.9. The lowest BCUT2D eigenvalue weighted by Gasteiger charge is -2.35. The van der Waals surface area contributed by atoms with E-state index in [9.17, 15) is 4.79 Å². The molecular weight excluding hydrogens is 306 g/mol. The fraction of sp³-hybridized carbons (Fsp3) is 0.500. The van der Waals surface area contributed by atoms with E-state index in [1.165, 1.54) is 0 Å². The van der Waals surface area contributed by atoms with Crippen LogP contribution in [0.25, 0.3) is 11.5 Å². The van der Waals surface area contributed by atoms with E-state index >= 15 is 0 Å². The summed E-state index contributed by atoms with van der Waals surface area (Å²) < 4.78 is 11.3. The molecule has 0 aliphatic carbocycles. The Bertz CT molecular complexity index is 661. The third kappa shape index (κ3) is 4.20. The van der Waals surface area contributed by atoms with E-state index in [1.807, 2.05) is 49.1 Å². The first-order valence-corrected chi connectivity index (χ1v) is 8.43. The Hall–Kier alpha value is -2.21. The number of hydrogen-bond acceptors (Lipinski definition) is 5. The van der Waals surface area contributed by atoms with Crippen LogP contribution >= 0.6 is 0 Å². The van der Waals surface area contributed by atoms with Crippen LogP contribution in [0, 0.1) is 0 Å². The highest BCUT2D eigenvalue weighted by Crippen LogP contribution is 2.18. The molecule has 6 nitrogen and oxygen atoms in total. The fourth-order valence-electron chi connectivity index (χ4n) is 2.98. The molecule has 1 aliphatic rings. The van der Waals surface area contributed by atoms with Crippen molar-refractivity contribution in [2.24, 2.45) is 0 Å². The number of amides is 1. The minimum Gasteiger partial charge on any atom is -0.421 e. The van der Waals surface area contributed by atoms with Crippen molar-refractivity contribution < 1.29 is 13.9 Å². The number of aryl methyl sites for hydroxylation is 1. The zero-order valence-corrected chi connectivity index (χ0v) is 14.1. The van der Waals surface area contributed by atoms with Crippen molar-refractivity contribution in [3.8, 4) is 11.5 Å². The van der Waals surface area contributed by atoms with Gasteiger partial charge < -0.3 is 14.1 Å². The number of carbonyl (C=O) groups is 1. The van der Waals surface area contributed by atoms with E-state index in [2.05, 4.69) is 10.2 Å². The summed E-state index contributed by atoms with van der Waals surface area (Å²) in [5.74, 6) is 1.26. The van der Waals surface area contributed by atoms with Crippen molar-refractivity contribution in [2.75, 3.05) is 13.1 Å². The van der Waals surface area contributed by atoms with Crippen molar-refractivity contribution in [3.63, 3.8) is 0 Å². The van der Waals surface area contributed by atoms with Gasteiger partial charge in [0.15, 0.2) is 0 Å². The van der Waals surface area contributed by atoms with Crippen molar-refractivity contribution in [3.05, 3.63) is 36.2 Å². The van der Waals surface area contributed by atoms with Gasteiger partial charge in [0.05, 0.1) is 12.2 Å². The molecule has 0 spiro atoms. The maximum Gasteiger partial charge on any atom is 0.247 e. The molecule has 0 N–H and O–H groups in total. The predicted octanol–water partition coefficient (Wildman–Crippen LogP) is 2.70. The number of benzene rings is 1. The summed E-state index contributed by atoms with van der Waals surface area (Å²) in [7, 11) is 0. The van der Waals surface area contributed by atoms with Gasteiger partial charge in [0.1, 0.15) is 0 Å². The van der Waals surface area contributed by atoms with Crippen LogP contribution < -0.4 is 0 Å². The van der Waals surface area contributed by atoms with Gasteiger partial charge in [-0.05, 0) is 32.4 Å². The first kappa shape index (κ1) is 16.6. The Labute approximate surface area is 141 Å². The van der Waals surface area contributed by atoms with Crippen molar-refractivity contribution in [1.82, 2.24) is 15.1 Å². The molecule has 1 aromatic carbocycles. The highest BCUT2D eigenvalue weighted by Gasteiger charge is 2.25. The SMILES string of the molecule is C[C@@H]1CN(C(=O)CCCc2nnc(-c3ccccc3)o2)C[C@H](C)O1. The van der Waals surface area contributed by atoms with E-state index < -0.39 is 0 Å². The van der Waals surface area contributed by atoms with Gasteiger partial charge in [-0.15, -0.1) is 10.2 Å². The molecule has 24 heavy (non-hydrogen) atoms. The van der Waals surface area contributed by atoms with Gasteiger partial charge in [0, 0.05) is 31.5 Å². The minimum atomic E-state index is 0.0991. The highest BCUT2D eigenvalue weighted by atomic mass is 16.5. The third-order valence-corrected chi connectivity index (χ3v) is 4.04. The Morgan fingerprint density at radius 3 is 2.58 bits per heavy atom. The molecule has 1 amide bonds. The monoisotopic (exact) mass is 329 g/mol. The number of rotatable bonds is 5. The molecule has 1 fully saturated rings. The molecule has 2 heterocycles. The topological polar surface area (TPSA) is 68.5 Å². The lowest BCUT2D eigenvalue weighted by molar-refractivity contribution is -0.143. The lowest BCUT2D eigenvalue weighted by atomic mass is 10.1. The molecule has 1 saturated heterocycles. The molecule has 128 valence electrons. The molecule has 0 radical (unpaired) electrons. The Kier molecular flexibility index (Phi) is 5.25. The van der Waals surface area contributed by atoms with Gasteiger partial charge in [-0.25, -0.2) is 0 Å². The number of hydrogen-bond donors (Lipinski definition) is 0. The molecule has 0 unspecified atom stereocenters. The minimum absolute atomic E-state index is 0.0991. The summed E-state index contributed by atoms with van der Waals surface area (Å²) >= 11 is 0. The average Bonchev–Trinajstić information content (AvgIpc) is 3.03. The maximum absolute atomic E-state index is 12.3. The summed E-state index contributed by atoms with van der Waals surface area (Å²) in [6.45, 7) is 5.34. The molecule has 0 bridgehead atoms. The average molecular weight is 329 g/mol. The summed E-state index contributed by atoms with van der Waals surface area (Å²) in [5, 5.41) is 8.13. The van der Waals surface area contributed by atoms with Crippen LogP contribution in [0.15, 0.2) is 34.7 Å². The molecule has 2 aromatic rings. The molecule has 0 saturated carbocycles. The number of aromatic nitrogens is 2. The molecule has 6 heteroatoms. The van der Waals surface area contributed by atoms with Crippen molar-refractivity contribution >= 4 is 5.91 Å². The van der Waals surface area contributed by atoms with E-state index in [4.69, 9.17) is 9.15 Å². The maximum atomic E-state index is 12.3. The van der Waals surface area contributed by atoms with E-state index in [-0.39, 0.29) is 18.1 Å². The zero-order valence-electron chi connectivity index (χ0n) is 14.1. The normalized spacial score (nSPS) is 21.0. The first-order valence-electron chi connectivity index (χ1n) is 8.43. The van der Waals surface area contributed by atoms with Crippen LogP contribution in [0.3, 0.4) is 0 Å². The van der Waals surface area contributed by atoms with Gasteiger partial charge in [-0.1, -0.05) is 18.2 Å². The predicted molar refractivity (Wildman–Crippen MR) is 89.3 cm³/mol. The van der Waals surface area contributed by atoms with Crippen molar-refractivity contribution in [2.45, 2.75) is 45.3 Å². The number of nitrogens with zero attached hydrogens (tertiary/aromatic N) is 3. The summed E-state index contributed by atoms with van der Waals surface area (Å²) in [6, 6.07) is 9.67. The lowest BCUT2D eigenvalue weighted by Crippen LogP contribution is -2.48. The number of carbonyl (C=O) groups excluding carboxylic acids is 1. The summed E-state index contributed by atoms with van der Waals surface area (Å²) in [4.78, 5) is 14.2. The number of ether oxygens (including phenoxy) is 1. The highest BCUT2D eigenvalue weighted by molar-refractivity contribution is 5.76. The van der Waals surface area contributed by atoms with Crippen LogP contribution in [0.2, 0.25) is 0 Å². The van der Waals surface area contributed by atoms with Crippen LogP contribution in [0.5, 0.6) is 0 Å². The Morgan fingerprint density at radius 2 is 1.88 bits per heavy atom. The van der Waals surface area contributed by atoms with Gasteiger partial charge in [-0.2, -0.15) is 0 Å². The Balaban J connectivity index is 1.48. The van der Waals surface area contributed by atoms with Crippen LogP contribution in [-0.2, 0) is 16.0 Å². The fourth-order valence-corrected chi connectivity index (χ4v) is 2.98. The molecule has 2 atom stereocenters. The largest absolute Gasteiger partial charge is 0.421 e. The van der Waals surface area contributed by atoms with Gasteiger partial charge >= 0.3 is 0 Å². The molecule has 3 rings (SSSR count). The molecular formula is C18H23N3O3.